The van der Waals surface area contributed by atoms with E-state index >= 15 is 0 Å². The van der Waals surface area contributed by atoms with Gasteiger partial charge in [0, 0.05) is 23.3 Å². The van der Waals surface area contributed by atoms with E-state index in [9.17, 15) is 4.79 Å². The Hall–Kier alpha value is -2.92. The fraction of sp³-hybridized carbons (Fsp3) is 0.150. The number of benzene rings is 2. The number of rotatable bonds is 5. The zero-order chi connectivity index (χ0) is 18.5. The van der Waals surface area contributed by atoms with E-state index in [1.165, 1.54) is 0 Å². The van der Waals surface area contributed by atoms with Crippen molar-refractivity contribution in [2.24, 2.45) is 0 Å². The van der Waals surface area contributed by atoms with Gasteiger partial charge in [0.15, 0.2) is 0 Å². The molecule has 1 aromatic heterocycles. The molecule has 2 aromatic carbocycles. The summed E-state index contributed by atoms with van der Waals surface area (Å²) in [6.07, 6.45) is 0. The summed E-state index contributed by atoms with van der Waals surface area (Å²) in [5, 5.41) is 6.74. The van der Waals surface area contributed by atoms with Gasteiger partial charge in [-0.25, -0.2) is 9.97 Å². The zero-order valence-corrected chi connectivity index (χ0v) is 15.3. The Morgan fingerprint density at radius 3 is 2.62 bits per heavy atom. The molecule has 0 saturated carbocycles. The van der Waals surface area contributed by atoms with E-state index in [-0.39, 0.29) is 5.91 Å². The van der Waals surface area contributed by atoms with Crippen LogP contribution in [-0.4, -0.2) is 15.9 Å². The van der Waals surface area contributed by atoms with E-state index < -0.39 is 0 Å². The lowest BCUT2D eigenvalue weighted by Gasteiger charge is -2.10. The topological polar surface area (TPSA) is 66.9 Å². The minimum atomic E-state index is -0.276. The molecule has 5 nitrogen and oxygen atoms in total. The number of amides is 1. The molecule has 0 bridgehead atoms. The van der Waals surface area contributed by atoms with Crippen LogP contribution < -0.4 is 10.6 Å². The number of hydrogen-bond donors (Lipinski definition) is 2. The monoisotopic (exact) mass is 366 g/mol. The highest BCUT2D eigenvalue weighted by Crippen LogP contribution is 2.17. The number of hydrogen-bond acceptors (Lipinski definition) is 4. The predicted molar refractivity (Wildman–Crippen MR) is 105 cm³/mol. The molecule has 0 unspecified atom stereocenters. The van der Waals surface area contributed by atoms with Crippen molar-refractivity contribution in [2.45, 2.75) is 20.4 Å². The number of anilines is 2. The first-order chi connectivity index (χ1) is 12.5. The van der Waals surface area contributed by atoms with Gasteiger partial charge in [-0.05, 0) is 43.2 Å². The molecule has 3 rings (SSSR count). The standard InChI is InChI=1S/C20H19ClN4O/c1-13-6-5-8-16(10-13)25-20(26)18-11-19(24-14(2)23-18)22-12-15-7-3-4-9-17(15)21/h3-11H,12H2,1-2H3,(H,25,26)(H,22,23,24). The van der Waals surface area contributed by atoms with Crippen molar-refractivity contribution in [1.82, 2.24) is 9.97 Å². The van der Waals surface area contributed by atoms with E-state index in [4.69, 9.17) is 11.6 Å². The smallest absolute Gasteiger partial charge is 0.274 e. The van der Waals surface area contributed by atoms with E-state index in [1.807, 2.05) is 55.5 Å². The number of halogens is 1. The van der Waals surface area contributed by atoms with Crippen LogP contribution in [0.25, 0.3) is 0 Å². The third kappa shape index (κ3) is 4.58. The van der Waals surface area contributed by atoms with Crippen molar-refractivity contribution in [2.75, 3.05) is 10.6 Å². The van der Waals surface area contributed by atoms with Crippen LogP contribution in [0.15, 0.2) is 54.6 Å². The van der Waals surface area contributed by atoms with E-state index in [0.717, 1.165) is 16.8 Å². The Labute approximate surface area is 157 Å². The summed E-state index contributed by atoms with van der Waals surface area (Å²) in [6, 6.07) is 16.8. The van der Waals surface area contributed by atoms with Crippen LogP contribution in [-0.2, 0) is 6.54 Å². The van der Waals surface area contributed by atoms with Crippen LogP contribution in [0.4, 0.5) is 11.5 Å². The lowest BCUT2D eigenvalue weighted by molar-refractivity contribution is 0.102. The summed E-state index contributed by atoms with van der Waals surface area (Å²) in [7, 11) is 0. The first-order valence-electron chi connectivity index (χ1n) is 8.22. The van der Waals surface area contributed by atoms with E-state index in [2.05, 4.69) is 20.6 Å². The molecule has 0 aliphatic heterocycles. The van der Waals surface area contributed by atoms with Crippen LogP contribution >= 0.6 is 11.6 Å². The Balaban J connectivity index is 1.74. The van der Waals surface area contributed by atoms with Crippen molar-refractivity contribution in [3.05, 3.63) is 82.3 Å². The average Bonchev–Trinajstić information content (AvgIpc) is 2.60. The summed E-state index contributed by atoms with van der Waals surface area (Å²) in [5.74, 6) is 0.817. The van der Waals surface area contributed by atoms with Gasteiger partial charge in [0.2, 0.25) is 0 Å². The molecule has 0 aliphatic rings. The fourth-order valence-electron chi connectivity index (χ4n) is 2.52. The Bertz CT molecular complexity index is 943. The lowest BCUT2D eigenvalue weighted by atomic mass is 10.2. The second kappa shape index (κ2) is 7.97. The summed E-state index contributed by atoms with van der Waals surface area (Å²) in [6.45, 7) is 4.24. The number of aryl methyl sites for hydroxylation is 2. The van der Waals surface area contributed by atoms with Gasteiger partial charge in [-0.2, -0.15) is 0 Å². The quantitative estimate of drug-likeness (QED) is 0.691. The minimum absolute atomic E-state index is 0.276. The third-order valence-corrected chi connectivity index (χ3v) is 4.13. The second-order valence-corrected chi connectivity index (χ2v) is 6.36. The highest BCUT2D eigenvalue weighted by Gasteiger charge is 2.11. The molecule has 1 amide bonds. The van der Waals surface area contributed by atoms with E-state index in [0.29, 0.717) is 28.9 Å². The Kier molecular flexibility index (Phi) is 5.49. The van der Waals surface area contributed by atoms with Crippen LogP contribution in [0, 0.1) is 13.8 Å². The molecular formula is C20H19ClN4O. The van der Waals surface area contributed by atoms with Gasteiger partial charge < -0.3 is 10.6 Å². The molecule has 0 fully saturated rings. The normalized spacial score (nSPS) is 10.4. The SMILES string of the molecule is Cc1cccc(NC(=O)c2cc(NCc3ccccc3Cl)nc(C)n2)c1. The molecule has 2 N–H and O–H groups in total. The Morgan fingerprint density at radius 2 is 1.85 bits per heavy atom. The predicted octanol–water partition coefficient (Wildman–Crippen LogP) is 4.61. The summed E-state index contributed by atoms with van der Waals surface area (Å²) in [5.41, 5.74) is 3.07. The van der Waals surface area contributed by atoms with Gasteiger partial charge in [0.05, 0.1) is 0 Å². The zero-order valence-electron chi connectivity index (χ0n) is 14.6. The van der Waals surface area contributed by atoms with Crippen LogP contribution in [0.5, 0.6) is 0 Å². The molecule has 0 saturated heterocycles. The van der Waals surface area contributed by atoms with Crippen molar-refractivity contribution in [3.63, 3.8) is 0 Å². The maximum atomic E-state index is 12.5. The maximum Gasteiger partial charge on any atom is 0.274 e. The van der Waals surface area contributed by atoms with Gasteiger partial charge >= 0.3 is 0 Å². The molecule has 3 aromatic rings. The maximum absolute atomic E-state index is 12.5. The largest absolute Gasteiger partial charge is 0.366 e. The van der Waals surface area contributed by atoms with Crippen molar-refractivity contribution >= 4 is 29.0 Å². The molecule has 0 spiro atoms. The van der Waals surface area contributed by atoms with Gasteiger partial charge in [0.1, 0.15) is 17.3 Å². The summed E-state index contributed by atoms with van der Waals surface area (Å²) < 4.78 is 0. The number of aromatic nitrogens is 2. The van der Waals surface area contributed by atoms with Gasteiger partial charge in [-0.1, -0.05) is 41.9 Å². The molecule has 1 heterocycles. The molecule has 0 atom stereocenters. The molecule has 0 radical (unpaired) electrons. The van der Waals surface area contributed by atoms with Gasteiger partial charge in [-0.3, -0.25) is 4.79 Å². The minimum Gasteiger partial charge on any atom is -0.366 e. The van der Waals surface area contributed by atoms with Crippen LogP contribution in [0.1, 0.15) is 27.4 Å². The van der Waals surface area contributed by atoms with E-state index in [1.54, 1.807) is 13.0 Å². The first-order valence-corrected chi connectivity index (χ1v) is 8.60. The molecule has 26 heavy (non-hydrogen) atoms. The first kappa shape index (κ1) is 17.9. The third-order valence-electron chi connectivity index (χ3n) is 3.76. The Morgan fingerprint density at radius 1 is 1.04 bits per heavy atom. The molecular weight excluding hydrogens is 348 g/mol. The number of carbonyl (C=O) groups is 1. The number of nitrogens with zero attached hydrogens (tertiary/aromatic N) is 2. The van der Waals surface area contributed by atoms with Crippen molar-refractivity contribution < 1.29 is 4.79 Å². The summed E-state index contributed by atoms with van der Waals surface area (Å²) >= 11 is 6.17. The molecule has 0 aliphatic carbocycles. The van der Waals surface area contributed by atoms with Crippen molar-refractivity contribution in [1.29, 1.82) is 0 Å². The fourth-order valence-corrected chi connectivity index (χ4v) is 2.72. The van der Waals surface area contributed by atoms with Gasteiger partial charge in [-0.15, -0.1) is 0 Å². The van der Waals surface area contributed by atoms with Crippen LogP contribution in [0.3, 0.4) is 0 Å². The summed E-state index contributed by atoms with van der Waals surface area (Å²) in [4.78, 5) is 21.1. The number of nitrogens with one attached hydrogen (secondary N) is 2. The second-order valence-electron chi connectivity index (χ2n) is 5.95. The number of carbonyl (C=O) groups excluding carboxylic acids is 1. The lowest BCUT2D eigenvalue weighted by Crippen LogP contribution is -2.16. The van der Waals surface area contributed by atoms with Crippen molar-refractivity contribution in [3.8, 4) is 0 Å². The van der Waals surface area contributed by atoms with Crippen LogP contribution in [0.2, 0.25) is 5.02 Å². The molecule has 132 valence electrons. The molecule has 6 heteroatoms. The van der Waals surface area contributed by atoms with Gasteiger partial charge in [0.25, 0.3) is 5.91 Å². The average molecular weight is 367 g/mol. The highest BCUT2D eigenvalue weighted by atomic mass is 35.5. The highest BCUT2D eigenvalue weighted by molar-refractivity contribution is 6.31.